The maximum absolute atomic E-state index is 12.9. The molecule has 7 heteroatoms. The van der Waals surface area contributed by atoms with Crippen LogP contribution in [-0.4, -0.2) is 18.7 Å². The van der Waals surface area contributed by atoms with E-state index in [-0.39, 0.29) is 11.6 Å². The van der Waals surface area contributed by atoms with Gasteiger partial charge in [-0.05, 0) is 48.9 Å². The molecule has 0 saturated carbocycles. The minimum absolute atomic E-state index is 0.199. The molecule has 0 unspecified atom stereocenters. The number of nitrogens with zero attached hydrogens (tertiary/aromatic N) is 1. The fourth-order valence-corrected chi connectivity index (χ4v) is 2.00. The van der Waals surface area contributed by atoms with Gasteiger partial charge in [0.15, 0.2) is 6.61 Å². The van der Waals surface area contributed by atoms with Crippen molar-refractivity contribution in [2.45, 2.75) is 6.92 Å². The number of benzene rings is 2. The Balaban J connectivity index is 1.85. The van der Waals surface area contributed by atoms with Crippen molar-refractivity contribution in [1.82, 2.24) is 5.43 Å². The molecular formula is C16H13Cl2FN2O2. The Kier molecular flexibility index (Phi) is 5.96. The van der Waals surface area contributed by atoms with Crippen molar-refractivity contribution in [2.75, 3.05) is 6.61 Å². The molecule has 0 bridgehead atoms. The number of amides is 1. The summed E-state index contributed by atoms with van der Waals surface area (Å²) >= 11 is 11.7. The number of halogens is 3. The summed E-state index contributed by atoms with van der Waals surface area (Å²) in [5, 5.41) is 4.58. The number of nitrogens with one attached hydrogen (secondary N) is 1. The molecule has 0 atom stereocenters. The largest absolute Gasteiger partial charge is 0.484 e. The second-order valence-electron chi connectivity index (χ2n) is 4.66. The van der Waals surface area contributed by atoms with E-state index in [0.29, 0.717) is 16.3 Å². The molecule has 0 saturated heterocycles. The number of carbonyl (C=O) groups is 1. The van der Waals surface area contributed by atoms with Crippen LogP contribution in [0.4, 0.5) is 4.39 Å². The molecule has 0 fully saturated rings. The molecule has 23 heavy (non-hydrogen) atoms. The highest BCUT2D eigenvalue weighted by molar-refractivity contribution is 6.33. The van der Waals surface area contributed by atoms with Crippen LogP contribution in [0, 0.1) is 12.7 Å². The van der Waals surface area contributed by atoms with E-state index in [1.807, 2.05) is 6.92 Å². The van der Waals surface area contributed by atoms with Gasteiger partial charge in [-0.3, -0.25) is 4.79 Å². The molecule has 1 amide bonds. The second-order valence-corrected chi connectivity index (χ2v) is 5.47. The lowest BCUT2D eigenvalue weighted by Gasteiger charge is -2.06. The quantitative estimate of drug-likeness (QED) is 0.652. The zero-order chi connectivity index (χ0) is 16.8. The number of carbonyl (C=O) groups excluding carboxylic acids is 1. The van der Waals surface area contributed by atoms with Crippen molar-refractivity contribution >= 4 is 35.3 Å². The molecule has 0 radical (unpaired) electrons. The van der Waals surface area contributed by atoms with Crippen molar-refractivity contribution in [3.8, 4) is 5.75 Å². The Morgan fingerprint density at radius 3 is 2.74 bits per heavy atom. The molecule has 2 rings (SSSR count). The average molecular weight is 355 g/mol. The standard InChI is InChI=1S/C16H13Cl2FN2O2/c1-10-6-13(4-5-14(10)17)23-9-16(22)21-20-8-11-2-3-12(19)7-15(11)18/h2-8H,9H2,1H3,(H,21,22). The van der Waals surface area contributed by atoms with Gasteiger partial charge in [0, 0.05) is 10.6 Å². The van der Waals surface area contributed by atoms with Crippen LogP contribution in [0.1, 0.15) is 11.1 Å². The van der Waals surface area contributed by atoms with Gasteiger partial charge in [-0.2, -0.15) is 5.10 Å². The maximum Gasteiger partial charge on any atom is 0.277 e. The highest BCUT2D eigenvalue weighted by Crippen LogP contribution is 2.20. The zero-order valence-electron chi connectivity index (χ0n) is 12.1. The van der Waals surface area contributed by atoms with Crippen LogP contribution in [0.25, 0.3) is 0 Å². The lowest BCUT2D eigenvalue weighted by molar-refractivity contribution is -0.123. The molecule has 4 nitrogen and oxygen atoms in total. The Morgan fingerprint density at radius 1 is 1.26 bits per heavy atom. The fourth-order valence-electron chi connectivity index (χ4n) is 1.67. The second kappa shape index (κ2) is 7.94. The Morgan fingerprint density at radius 2 is 2.04 bits per heavy atom. The summed E-state index contributed by atoms with van der Waals surface area (Å²) in [4.78, 5) is 11.6. The van der Waals surface area contributed by atoms with Gasteiger partial charge in [-0.1, -0.05) is 23.2 Å². The number of aryl methyl sites for hydroxylation is 1. The Bertz CT molecular complexity index is 751. The minimum atomic E-state index is -0.442. The van der Waals surface area contributed by atoms with Crippen molar-refractivity contribution in [1.29, 1.82) is 0 Å². The highest BCUT2D eigenvalue weighted by Gasteiger charge is 2.04. The summed E-state index contributed by atoms with van der Waals surface area (Å²) in [5.74, 6) is -0.345. The first-order chi connectivity index (χ1) is 11.0. The van der Waals surface area contributed by atoms with Crippen molar-refractivity contribution in [2.24, 2.45) is 5.10 Å². The third-order valence-electron chi connectivity index (χ3n) is 2.85. The average Bonchev–Trinajstić information content (AvgIpc) is 2.50. The van der Waals surface area contributed by atoms with Gasteiger partial charge in [0.25, 0.3) is 5.91 Å². The SMILES string of the molecule is Cc1cc(OCC(=O)NN=Cc2ccc(F)cc2Cl)ccc1Cl. The first-order valence-electron chi connectivity index (χ1n) is 6.61. The summed E-state index contributed by atoms with van der Waals surface area (Å²) in [5.41, 5.74) is 3.64. The molecule has 0 aromatic heterocycles. The molecule has 1 N–H and O–H groups in total. The number of hydrogen-bond acceptors (Lipinski definition) is 3. The normalized spacial score (nSPS) is 10.8. The molecule has 2 aromatic rings. The van der Waals surface area contributed by atoms with Crippen LogP contribution in [0.2, 0.25) is 10.0 Å². The summed E-state index contributed by atoms with van der Waals surface area (Å²) in [6.45, 7) is 1.64. The third-order valence-corrected chi connectivity index (χ3v) is 3.61. The molecule has 0 aliphatic heterocycles. The van der Waals surface area contributed by atoms with E-state index < -0.39 is 11.7 Å². The van der Waals surface area contributed by atoms with Crippen LogP contribution in [-0.2, 0) is 4.79 Å². The highest BCUT2D eigenvalue weighted by atomic mass is 35.5. The lowest BCUT2D eigenvalue weighted by Crippen LogP contribution is -2.24. The van der Waals surface area contributed by atoms with Crippen LogP contribution in [0.3, 0.4) is 0 Å². The van der Waals surface area contributed by atoms with E-state index in [2.05, 4.69) is 10.5 Å². The first kappa shape index (κ1) is 17.2. The molecule has 0 heterocycles. The van der Waals surface area contributed by atoms with Gasteiger partial charge < -0.3 is 4.74 Å². The summed E-state index contributed by atoms with van der Waals surface area (Å²) in [7, 11) is 0. The van der Waals surface area contributed by atoms with Crippen LogP contribution in [0.15, 0.2) is 41.5 Å². The van der Waals surface area contributed by atoms with E-state index in [4.69, 9.17) is 27.9 Å². The summed E-state index contributed by atoms with van der Waals surface area (Å²) < 4.78 is 18.2. The lowest BCUT2D eigenvalue weighted by atomic mass is 10.2. The predicted octanol–water partition coefficient (Wildman–Crippen LogP) is 3.97. The van der Waals surface area contributed by atoms with Crippen LogP contribution in [0.5, 0.6) is 5.75 Å². The topological polar surface area (TPSA) is 50.7 Å². The van der Waals surface area contributed by atoms with Gasteiger partial charge >= 0.3 is 0 Å². The van der Waals surface area contributed by atoms with Crippen molar-refractivity contribution < 1.29 is 13.9 Å². The van der Waals surface area contributed by atoms with Gasteiger partial charge in [-0.15, -0.1) is 0 Å². The van der Waals surface area contributed by atoms with Gasteiger partial charge in [0.05, 0.1) is 11.2 Å². The zero-order valence-corrected chi connectivity index (χ0v) is 13.7. The summed E-state index contributed by atoms with van der Waals surface area (Å²) in [6.07, 6.45) is 1.33. The number of ether oxygens (including phenoxy) is 1. The van der Waals surface area contributed by atoms with E-state index in [9.17, 15) is 9.18 Å². The molecule has 0 spiro atoms. The van der Waals surface area contributed by atoms with Crippen molar-refractivity contribution in [3.05, 3.63) is 63.4 Å². The Hall–Kier alpha value is -2.11. The van der Waals surface area contributed by atoms with Crippen molar-refractivity contribution in [3.63, 3.8) is 0 Å². The number of hydrazone groups is 1. The van der Waals surface area contributed by atoms with Crippen LogP contribution >= 0.6 is 23.2 Å². The predicted molar refractivity (Wildman–Crippen MR) is 88.8 cm³/mol. The number of rotatable bonds is 5. The van der Waals surface area contributed by atoms with Gasteiger partial charge in [0.2, 0.25) is 0 Å². The van der Waals surface area contributed by atoms with E-state index in [1.165, 1.54) is 18.3 Å². The van der Waals surface area contributed by atoms with E-state index in [0.717, 1.165) is 11.6 Å². The monoisotopic (exact) mass is 354 g/mol. The first-order valence-corrected chi connectivity index (χ1v) is 7.37. The maximum atomic E-state index is 12.9. The Labute approximate surface area is 142 Å². The number of hydrogen-bond donors (Lipinski definition) is 1. The fraction of sp³-hybridized carbons (Fsp3) is 0.125. The van der Waals surface area contributed by atoms with E-state index >= 15 is 0 Å². The van der Waals surface area contributed by atoms with Crippen LogP contribution < -0.4 is 10.2 Å². The molecule has 120 valence electrons. The van der Waals surface area contributed by atoms with Gasteiger partial charge in [-0.25, -0.2) is 9.82 Å². The van der Waals surface area contributed by atoms with Gasteiger partial charge in [0.1, 0.15) is 11.6 Å². The van der Waals surface area contributed by atoms with E-state index in [1.54, 1.807) is 18.2 Å². The molecule has 0 aliphatic carbocycles. The molecule has 0 aliphatic rings. The molecular weight excluding hydrogens is 342 g/mol. The third kappa shape index (κ3) is 5.23. The molecule has 2 aromatic carbocycles. The smallest absolute Gasteiger partial charge is 0.277 e. The summed E-state index contributed by atoms with van der Waals surface area (Å²) in [6, 6.07) is 8.97. The minimum Gasteiger partial charge on any atom is -0.484 e.